The van der Waals surface area contributed by atoms with E-state index in [0.29, 0.717) is 24.3 Å². The van der Waals surface area contributed by atoms with Crippen LogP contribution < -0.4 is 0 Å². The number of hydrogen-bond donors (Lipinski definition) is 1. The zero-order chi connectivity index (χ0) is 23.7. The van der Waals surface area contributed by atoms with E-state index in [9.17, 15) is 14.0 Å². The Bertz CT molecular complexity index is 1180. The average molecular weight is 463 g/mol. The first-order valence-electron chi connectivity index (χ1n) is 12.2. The monoisotopic (exact) mass is 462 g/mol. The lowest BCUT2D eigenvalue weighted by molar-refractivity contribution is 0.0605. The number of H-pyrrole nitrogens is 1. The molecule has 2 amide bonds. The smallest absolute Gasteiger partial charge is 0.270 e. The van der Waals surface area contributed by atoms with Crippen LogP contribution in [0.15, 0.2) is 48.5 Å². The van der Waals surface area contributed by atoms with Crippen LogP contribution in [0.1, 0.15) is 45.7 Å². The predicted molar refractivity (Wildman–Crippen MR) is 130 cm³/mol. The van der Waals surface area contributed by atoms with Gasteiger partial charge in [0, 0.05) is 61.8 Å². The maximum atomic E-state index is 13.3. The van der Waals surface area contributed by atoms with Gasteiger partial charge < -0.3 is 14.8 Å². The van der Waals surface area contributed by atoms with E-state index in [1.165, 1.54) is 17.7 Å². The molecule has 3 aromatic rings. The number of benzene rings is 2. The summed E-state index contributed by atoms with van der Waals surface area (Å²) in [5.74, 6) is -0.285. The third-order valence-corrected chi connectivity index (χ3v) is 7.18. The summed E-state index contributed by atoms with van der Waals surface area (Å²) in [6.07, 6.45) is 3.01. The highest BCUT2D eigenvalue weighted by atomic mass is 19.1. The van der Waals surface area contributed by atoms with Crippen molar-refractivity contribution in [3.8, 4) is 0 Å². The molecule has 0 radical (unpaired) electrons. The van der Waals surface area contributed by atoms with Gasteiger partial charge in [0.1, 0.15) is 11.5 Å². The third-order valence-electron chi connectivity index (χ3n) is 7.18. The lowest BCUT2D eigenvalue weighted by atomic mass is 10.1. The van der Waals surface area contributed by atoms with Crippen molar-refractivity contribution in [3.63, 3.8) is 0 Å². The Balaban J connectivity index is 1.14. The van der Waals surface area contributed by atoms with Crippen molar-refractivity contribution in [2.45, 2.75) is 32.2 Å². The average Bonchev–Trinajstić information content (AvgIpc) is 3.49. The zero-order valence-corrected chi connectivity index (χ0v) is 19.6. The number of piperazine rings is 1. The van der Waals surface area contributed by atoms with Crippen molar-refractivity contribution in [2.75, 3.05) is 39.3 Å². The fourth-order valence-electron chi connectivity index (χ4n) is 5.20. The molecular weight excluding hydrogens is 431 g/mol. The molecular formula is C27H31FN4O2. The second-order valence-corrected chi connectivity index (χ2v) is 9.50. The number of likely N-dealkylation sites (tertiary alicyclic amines) is 1. The van der Waals surface area contributed by atoms with Gasteiger partial charge in [-0.1, -0.05) is 12.1 Å². The van der Waals surface area contributed by atoms with Crippen molar-refractivity contribution >= 4 is 22.7 Å². The third kappa shape index (κ3) is 4.71. The van der Waals surface area contributed by atoms with Crippen molar-refractivity contribution in [1.29, 1.82) is 0 Å². The lowest BCUT2D eigenvalue weighted by Gasteiger charge is -2.36. The largest absolute Gasteiger partial charge is 0.351 e. The SMILES string of the molecule is Cc1ccc2cc(C(=O)N3CCCC3CCN3CCN(C(=O)c4ccc(F)cc4)CC3)[nH]c2c1. The Morgan fingerprint density at radius 1 is 0.971 bits per heavy atom. The number of fused-ring (bicyclic) bond motifs is 1. The zero-order valence-electron chi connectivity index (χ0n) is 19.6. The molecule has 1 atom stereocenters. The summed E-state index contributed by atoms with van der Waals surface area (Å²) in [5, 5.41) is 1.07. The summed E-state index contributed by atoms with van der Waals surface area (Å²) in [6, 6.07) is 14.2. The Morgan fingerprint density at radius 3 is 2.50 bits per heavy atom. The second kappa shape index (κ2) is 9.58. The number of rotatable bonds is 5. The van der Waals surface area contributed by atoms with E-state index in [1.807, 2.05) is 15.9 Å². The molecule has 0 saturated carbocycles. The molecule has 6 nitrogen and oxygen atoms in total. The molecule has 178 valence electrons. The van der Waals surface area contributed by atoms with E-state index >= 15 is 0 Å². The number of aromatic amines is 1. The lowest BCUT2D eigenvalue weighted by Crippen LogP contribution is -2.49. The molecule has 2 aromatic carbocycles. The van der Waals surface area contributed by atoms with Gasteiger partial charge in [-0.25, -0.2) is 4.39 Å². The minimum Gasteiger partial charge on any atom is -0.351 e. The molecule has 1 aromatic heterocycles. The summed E-state index contributed by atoms with van der Waals surface area (Å²) in [4.78, 5) is 35.5. The molecule has 7 heteroatoms. The minimum absolute atomic E-state index is 0.0410. The fourth-order valence-corrected chi connectivity index (χ4v) is 5.20. The Kier molecular flexibility index (Phi) is 6.37. The van der Waals surface area contributed by atoms with Gasteiger partial charge in [0.15, 0.2) is 0 Å². The molecule has 0 aliphatic carbocycles. The van der Waals surface area contributed by atoms with E-state index in [0.717, 1.165) is 56.3 Å². The molecule has 34 heavy (non-hydrogen) atoms. The molecule has 1 unspecified atom stereocenters. The number of carbonyl (C=O) groups is 2. The number of aromatic nitrogens is 1. The molecule has 0 bridgehead atoms. The number of nitrogens with zero attached hydrogens (tertiary/aromatic N) is 3. The number of carbonyl (C=O) groups excluding carboxylic acids is 2. The van der Waals surface area contributed by atoms with Crippen LogP contribution >= 0.6 is 0 Å². The standard InChI is InChI=1S/C27H31FN4O2/c1-19-4-5-21-18-25(29-24(21)17-19)27(34)32-11-2-3-23(32)10-12-30-13-15-31(16-14-30)26(33)20-6-8-22(28)9-7-20/h4-9,17-18,23,29H,2-3,10-16H2,1H3. The molecule has 2 aliphatic heterocycles. The van der Waals surface area contributed by atoms with Gasteiger partial charge in [-0.15, -0.1) is 0 Å². The normalized spacial score (nSPS) is 19.2. The van der Waals surface area contributed by atoms with Gasteiger partial charge in [-0.3, -0.25) is 14.5 Å². The second-order valence-electron chi connectivity index (χ2n) is 9.50. The van der Waals surface area contributed by atoms with E-state index < -0.39 is 0 Å². The first kappa shape index (κ1) is 22.6. The van der Waals surface area contributed by atoms with Gasteiger partial charge in [-0.2, -0.15) is 0 Å². The van der Waals surface area contributed by atoms with Crippen LogP contribution in [0.3, 0.4) is 0 Å². The van der Waals surface area contributed by atoms with Gasteiger partial charge >= 0.3 is 0 Å². The minimum atomic E-state index is -0.333. The van der Waals surface area contributed by atoms with E-state index in [4.69, 9.17) is 0 Å². The highest BCUT2D eigenvalue weighted by Gasteiger charge is 2.31. The number of halogens is 1. The van der Waals surface area contributed by atoms with Crippen LogP contribution in [-0.2, 0) is 0 Å². The van der Waals surface area contributed by atoms with Crippen LogP contribution in [0.4, 0.5) is 4.39 Å². The number of hydrogen-bond acceptors (Lipinski definition) is 3. The first-order chi connectivity index (χ1) is 16.5. The Labute approximate surface area is 199 Å². The molecule has 0 spiro atoms. The fraction of sp³-hybridized carbons (Fsp3) is 0.407. The highest BCUT2D eigenvalue weighted by Crippen LogP contribution is 2.25. The van der Waals surface area contributed by atoms with E-state index in [-0.39, 0.29) is 23.7 Å². The number of nitrogens with one attached hydrogen (secondary N) is 1. The van der Waals surface area contributed by atoms with Gasteiger partial charge in [0.2, 0.25) is 0 Å². The highest BCUT2D eigenvalue weighted by molar-refractivity contribution is 5.98. The summed E-state index contributed by atoms with van der Waals surface area (Å²) < 4.78 is 13.1. The number of aryl methyl sites for hydroxylation is 1. The van der Waals surface area contributed by atoms with Gasteiger partial charge in [0.05, 0.1) is 0 Å². The van der Waals surface area contributed by atoms with E-state index in [1.54, 1.807) is 12.1 Å². The van der Waals surface area contributed by atoms with Crippen LogP contribution in [0.25, 0.3) is 10.9 Å². The summed E-state index contributed by atoms with van der Waals surface area (Å²) >= 11 is 0. The molecule has 1 N–H and O–H groups in total. The van der Waals surface area contributed by atoms with Crippen molar-refractivity contribution in [2.24, 2.45) is 0 Å². The summed E-state index contributed by atoms with van der Waals surface area (Å²) in [6.45, 7) is 6.73. The van der Waals surface area contributed by atoms with Crippen molar-refractivity contribution < 1.29 is 14.0 Å². The maximum absolute atomic E-state index is 13.3. The summed E-state index contributed by atoms with van der Waals surface area (Å²) in [5.41, 5.74) is 3.38. The molecule has 2 fully saturated rings. The maximum Gasteiger partial charge on any atom is 0.270 e. The Morgan fingerprint density at radius 2 is 1.74 bits per heavy atom. The topological polar surface area (TPSA) is 59.7 Å². The van der Waals surface area contributed by atoms with Gasteiger partial charge in [-0.05, 0) is 68.1 Å². The van der Waals surface area contributed by atoms with Crippen LogP contribution in [0.5, 0.6) is 0 Å². The summed E-state index contributed by atoms with van der Waals surface area (Å²) in [7, 11) is 0. The van der Waals surface area contributed by atoms with Gasteiger partial charge in [0.25, 0.3) is 11.8 Å². The van der Waals surface area contributed by atoms with E-state index in [2.05, 4.69) is 35.0 Å². The van der Waals surface area contributed by atoms with Crippen LogP contribution in [0, 0.1) is 12.7 Å². The Hall–Kier alpha value is -3.19. The molecule has 3 heterocycles. The number of amides is 2. The quantitative estimate of drug-likeness (QED) is 0.622. The molecule has 2 aliphatic rings. The van der Waals surface area contributed by atoms with Crippen LogP contribution in [-0.4, -0.2) is 76.8 Å². The molecule has 2 saturated heterocycles. The van der Waals surface area contributed by atoms with Crippen LogP contribution in [0.2, 0.25) is 0 Å². The molecule has 5 rings (SSSR count). The van der Waals surface area contributed by atoms with Crippen molar-refractivity contribution in [3.05, 3.63) is 71.2 Å². The first-order valence-corrected chi connectivity index (χ1v) is 12.2. The van der Waals surface area contributed by atoms with Crippen molar-refractivity contribution in [1.82, 2.24) is 19.7 Å². The predicted octanol–water partition coefficient (Wildman–Crippen LogP) is 4.07.